The van der Waals surface area contributed by atoms with Gasteiger partial charge >= 0.3 is 0 Å². The van der Waals surface area contributed by atoms with Gasteiger partial charge in [0.05, 0.1) is 18.8 Å². The number of morpholine rings is 1. The molecule has 0 atom stereocenters. The van der Waals surface area contributed by atoms with Crippen LogP contribution >= 0.6 is 11.3 Å². The first-order valence-electron chi connectivity index (χ1n) is 8.34. The zero-order valence-electron chi connectivity index (χ0n) is 14.2. The Bertz CT molecular complexity index is 675. The number of amides is 1. The lowest BCUT2D eigenvalue weighted by Gasteiger charge is -2.26. The maximum Gasteiger partial charge on any atom is 0.253 e. The highest BCUT2D eigenvalue weighted by molar-refractivity contribution is 7.12. The number of ether oxygens (including phenoxy) is 1. The summed E-state index contributed by atoms with van der Waals surface area (Å²) >= 11 is 1.57. The molecule has 1 amide bonds. The quantitative estimate of drug-likeness (QED) is 0.811. The molecular formula is C17H24N4O2S. The van der Waals surface area contributed by atoms with Crippen molar-refractivity contribution in [3.05, 3.63) is 34.6 Å². The van der Waals surface area contributed by atoms with E-state index in [-0.39, 0.29) is 5.91 Å². The van der Waals surface area contributed by atoms with Crippen molar-refractivity contribution in [2.45, 2.75) is 20.3 Å². The van der Waals surface area contributed by atoms with Gasteiger partial charge in [-0.1, -0.05) is 0 Å². The lowest BCUT2D eigenvalue weighted by molar-refractivity contribution is 0.0374. The normalized spacial score (nSPS) is 15.6. The molecule has 1 aliphatic heterocycles. The molecule has 1 aliphatic rings. The fourth-order valence-electron chi connectivity index (χ4n) is 3.04. The molecule has 0 aromatic carbocycles. The number of rotatable bonds is 6. The average molecular weight is 348 g/mol. The van der Waals surface area contributed by atoms with Gasteiger partial charge in [-0.3, -0.25) is 14.3 Å². The summed E-state index contributed by atoms with van der Waals surface area (Å²) in [6.45, 7) is 9.27. The topological polar surface area (TPSA) is 59.4 Å². The Kier molecular flexibility index (Phi) is 5.65. The second-order valence-electron chi connectivity index (χ2n) is 6.00. The number of thiazole rings is 1. The molecule has 0 saturated carbocycles. The zero-order chi connectivity index (χ0) is 16.9. The lowest BCUT2D eigenvalue weighted by atomic mass is 10.2. The predicted molar refractivity (Wildman–Crippen MR) is 95.1 cm³/mol. The minimum absolute atomic E-state index is 0.00659. The largest absolute Gasteiger partial charge is 0.379 e. The lowest BCUT2D eigenvalue weighted by Crippen LogP contribution is -2.38. The maximum absolute atomic E-state index is 12.5. The standard InChI is InChI=1S/C17H24N4O2S/c1-13-12-15(14(2)21(13)17-19-5-11-24-17)16(22)18-4-3-6-20-7-9-23-10-8-20/h5,11-12H,3-4,6-10H2,1-2H3,(H,18,22). The molecule has 130 valence electrons. The minimum Gasteiger partial charge on any atom is -0.379 e. The Labute approximate surface area is 146 Å². The van der Waals surface area contributed by atoms with Crippen molar-refractivity contribution in [3.8, 4) is 5.13 Å². The molecule has 3 rings (SSSR count). The summed E-state index contributed by atoms with van der Waals surface area (Å²) in [5, 5.41) is 5.88. The molecular weight excluding hydrogens is 324 g/mol. The van der Waals surface area contributed by atoms with Crippen molar-refractivity contribution in [1.82, 2.24) is 19.8 Å². The maximum atomic E-state index is 12.5. The smallest absolute Gasteiger partial charge is 0.253 e. The van der Waals surface area contributed by atoms with E-state index >= 15 is 0 Å². The molecule has 0 spiro atoms. The van der Waals surface area contributed by atoms with Gasteiger partial charge in [-0.15, -0.1) is 11.3 Å². The molecule has 1 N–H and O–H groups in total. The first-order chi connectivity index (χ1) is 11.7. The van der Waals surface area contributed by atoms with Crippen LogP contribution in [0.1, 0.15) is 28.2 Å². The summed E-state index contributed by atoms with van der Waals surface area (Å²) in [4.78, 5) is 19.2. The van der Waals surface area contributed by atoms with Crippen LogP contribution in [0.4, 0.5) is 0 Å². The van der Waals surface area contributed by atoms with Crippen LogP contribution in [-0.4, -0.2) is 59.8 Å². The van der Waals surface area contributed by atoms with Gasteiger partial charge in [-0.05, 0) is 32.9 Å². The number of hydrogen-bond donors (Lipinski definition) is 1. The first kappa shape index (κ1) is 17.1. The Morgan fingerprint density at radius 1 is 1.38 bits per heavy atom. The number of nitrogens with one attached hydrogen (secondary N) is 1. The van der Waals surface area contributed by atoms with E-state index < -0.39 is 0 Å². The SMILES string of the molecule is Cc1cc(C(=O)NCCCN2CCOCC2)c(C)n1-c1nccs1. The predicted octanol–water partition coefficient (Wildman–Crippen LogP) is 2.00. The van der Waals surface area contributed by atoms with Crippen LogP contribution in [0, 0.1) is 13.8 Å². The molecule has 2 aromatic rings. The Morgan fingerprint density at radius 3 is 2.88 bits per heavy atom. The van der Waals surface area contributed by atoms with E-state index in [4.69, 9.17) is 4.74 Å². The number of nitrogens with zero attached hydrogens (tertiary/aromatic N) is 3. The highest BCUT2D eigenvalue weighted by atomic mass is 32.1. The molecule has 0 aliphatic carbocycles. The van der Waals surface area contributed by atoms with Gasteiger partial charge in [0.15, 0.2) is 5.13 Å². The van der Waals surface area contributed by atoms with Crippen molar-refractivity contribution in [3.63, 3.8) is 0 Å². The summed E-state index contributed by atoms with van der Waals surface area (Å²) in [7, 11) is 0. The van der Waals surface area contributed by atoms with Crippen LogP contribution in [0.25, 0.3) is 5.13 Å². The van der Waals surface area contributed by atoms with Gasteiger partial charge < -0.3 is 10.1 Å². The molecule has 0 bridgehead atoms. The van der Waals surface area contributed by atoms with E-state index in [9.17, 15) is 4.79 Å². The fourth-order valence-corrected chi connectivity index (χ4v) is 3.79. The highest BCUT2D eigenvalue weighted by Gasteiger charge is 2.17. The Balaban J connectivity index is 1.54. The summed E-state index contributed by atoms with van der Waals surface area (Å²) in [5.74, 6) is -0.00659. The average Bonchev–Trinajstić information content (AvgIpc) is 3.20. The molecule has 7 heteroatoms. The molecule has 1 saturated heterocycles. The van der Waals surface area contributed by atoms with E-state index in [0.29, 0.717) is 6.54 Å². The third-order valence-corrected chi connectivity index (χ3v) is 5.08. The van der Waals surface area contributed by atoms with Crippen LogP contribution in [0.15, 0.2) is 17.6 Å². The van der Waals surface area contributed by atoms with Gasteiger partial charge in [0, 0.05) is 42.6 Å². The fraction of sp³-hybridized carbons (Fsp3) is 0.529. The molecule has 24 heavy (non-hydrogen) atoms. The van der Waals surface area contributed by atoms with E-state index in [1.165, 1.54) is 0 Å². The second-order valence-corrected chi connectivity index (χ2v) is 6.87. The molecule has 0 radical (unpaired) electrons. The van der Waals surface area contributed by atoms with Crippen LogP contribution in [0.2, 0.25) is 0 Å². The number of hydrogen-bond acceptors (Lipinski definition) is 5. The first-order valence-corrected chi connectivity index (χ1v) is 9.22. The minimum atomic E-state index is -0.00659. The highest BCUT2D eigenvalue weighted by Crippen LogP contribution is 2.22. The Morgan fingerprint density at radius 2 is 2.17 bits per heavy atom. The number of aromatic nitrogens is 2. The molecule has 0 unspecified atom stereocenters. The van der Waals surface area contributed by atoms with Gasteiger partial charge in [0.1, 0.15) is 0 Å². The molecule has 3 heterocycles. The summed E-state index contributed by atoms with van der Waals surface area (Å²) in [5.41, 5.74) is 2.70. The van der Waals surface area contributed by atoms with E-state index in [1.807, 2.05) is 29.9 Å². The van der Waals surface area contributed by atoms with Crippen molar-refractivity contribution >= 4 is 17.2 Å². The third-order valence-electron chi connectivity index (χ3n) is 4.33. The second kappa shape index (κ2) is 7.92. The van der Waals surface area contributed by atoms with Crippen LogP contribution in [0.5, 0.6) is 0 Å². The Hall–Kier alpha value is -1.70. The van der Waals surface area contributed by atoms with Crippen molar-refractivity contribution in [2.75, 3.05) is 39.4 Å². The van der Waals surface area contributed by atoms with Crippen molar-refractivity contribution in [1.29, 1.82) is 0 Å². The van der Waals surface area contributed by atoms with E-state index in [0.717, 1.165) is 61.4 Å². The molecule has 1 fully saturated rings. The number of carbonyl (C=O) groups excluding carboxylic acids is 1. The van der Waals surface area contributed by atoms with Gasteiger partial charge in [-0.2, -0.15) is 0 Å². The molecule has 2 aromatic heterocycles. The van der Waals surface area contributed by atoms with Crippen molar-refractivity contribution in [2.24, 2.45) is 0 Å². The number of aryl methyl sites for hydroxylation is 1. The van der Waals surface area contributed by atoms with Crippen LogP contribution < -0.4 is 5.32 Å². The number of carbonyl (C=O) groups is 1. The summed E-state index contributed by atoms with van der Waals surface area (Å²) in [6.07, 6.45) is 2.74. The van der Waals surface area contributed by atoms with Gasteiger partial charge in [0.2, 0.25) is 0 Å². The van der Waals surface area contributed by atoms with Gasteiger partial charge in [-0.25, -0.2) is 4.98 Å². The zero-order valence-corrected chi connectivity index (χ0v) is 15.1. The van der Waals surface area contributed by atoms with Crippen LogP contribution in [0.3, 0.4) is 0 Å². The van der Waals surface area contributed by atoms with E-state index in [1.54, 1.807) is 17.5 Å². The monoisotopic (exact) mass is 348 g/mol. The van der Waals surface area contributed by atoms with E-state index in [2.05, 4.69) is 15.2 Å². The van der Waals surface area contributed by atoms with Gasteiger partial charge in [0.25, 0.3) is 5.91 Å². The van der Waals surface area contributed by atoms with Crippen LogP contribution in [-0.2, 0) is 4.74 Å². The third kappa shape index (κ3) is 3.85. The van der Waals surface area contributed by atoms with Crippen molar-refractivity contribution < 1.29 is 9.53 Å². The summed E-state index contributed by atoms with van der Waals surface area (Å²) in [6, 6.07) is 1.94. The summed E-state index contributed by atoms with van der Waals surface area (Å²) < 4.78 is 7.38. The molecule has 6 nitrogen and oxygen atoms in total.